The van der Waals surface area contributed by atoms with Crippen molar-refractivity contribution in [3.63, 3.8) is 0 Å². The molecule has 1 nitrogen and oxygen atoms in total. The van der Waals surface area contributed by atoms with Crippen LogP contribution in [0.25, 0.3) is 5.57 Å². The number of aliphatic hydroxyl groups is 1. The maximum Gasteiger partial charge on any atom is 0.127 e. The first-order chi connectivity index (χ1) is 11.9. The van der Waals surface area contributed by atoms with E-state index < -0.39 is 0 Å². The molecule has 0 saturated heterocycles. The number of hydrogen-bond acceptors (Lipinski definition) is 1. The van der Waals surface area contributed by atoms with Crippen LogP contribution in [0.5, 0.6) is 0 Å². The van der Waals surface area contributed by atoms with Crippen LogP contribution >= 0.6 is 20.8 Å². The van der Waals surface area contributed by atoms with Crippen LogP contribution in [0.4, 0.5) is 8.78 Å². The van der Waals surface area contributed by atoms with Crippen LogP contribution in [0.1, 0.15) is 36.0 Å². The highest BCUT2D eigenvalue weighted by atomic mass is 35.5. The molecule has 2 aromatic carbocycles. The molecular formula is C20H18ClF2OP. The zero-order chi connectivity index (χ0) is 18.1. The zero-order valence-electron chi connectivity index (χ0n) is 13.7. The van der Waals surface area contributed by atoms with Crippen molar-refractivity contribution >= 4 is 31.7 Å². The molecule has 1 aliphatic rings. The molecule has 1 N–H and O–H groups in total. The smallest absolute Gasteiger partial charge is 0.127 e. The molecule has 1 aliphatic carbocycles. The number of halogens is 3. The molecule has 130 valence electrons. The summed E-state index contributed by atoms with van der Waals surface area (Å²) < 4.78 is 27.3. The van der Waals surface area contributed by atoms with Crippen molar-refractivity contribution in [3.8, 4) is 0 Å². The summed E-state index contributed by atoms with van der Waals surface area (Å²) in [6, 6.07) is 7.32. The molecule has 0 bridgehead atoms. The van der Waals surface area contributed by atoms with Crippen molar-refractivity contribution in [1.82, 2.24) is 0 Å². The minimum absolute atomic E-state index is 0.202. The largest absolute Gasteiger partial charge is 0.508 e. The molecule has 0 heterocycles. The van der Waals surface area contributed by atoms with Gasteiger partial charge >= 0.3 is 0 Å². The van der Waals surface area contributed by atoms with E-state index in [-0.39, 0.29) is 22.4 Å². The number of aliphatic hydroxyl groups excluding tert-OH is 1. The molecule has 0 aromatic heterocycles. The Morgan fingerprint density at radius 2 is 1.84 bits per heavy atom. The average Bonchev–Trinajstić information content (AvgIpc) is 2.50. The normalized spacial score (nSPS) is 14.4. The summed E-state index contributed by atoms with van der Waals surface area (Å²) in [4.78, 5) is 0. The van der Waals surface area contributed by atoms with Gasteiger partial charge in [0, 0.05) is 11.1 Å². The first-order valence-electron chi connectivity index (χ1n) is 8.01. The summed E-state index contributed by atoms with van der Waals surface area (Å²) in [5.41, 5.74) is 3.27. The highest BCUT2D eigenvalue weighted by Crippen LogP contribution is 2.35. The van der Waals surface area contributed by atoms with Gasteiger partial charge in [-0.3, -0.25) is 0 Å². The molecule has 3 rings (SSSR count). The van der Waals surface area contributed by atoms with E-state index in [1.165, 1.54) is 18.2 Å². The van der Waals surface area contributed by atoms with Crippen LogP contribution in [0, 0.1) is 18.6 Å². The first-order valence-corrected chi connectivity index (χ1v) is 8.97. The van der Waals surface area contributed by atoms with Gasteiger partial charge in [-0.2, -0.15) is 0 Å². The summed E-state index contributed by atoms with van der Waals surface area (Å²) in [7, 11) is 2.49. The maximum absolute atomic E-state index is 13.8. The molecule has 2 aromatic rings. The lowest BCUT2D eigenvalue weighted by Crippen LogP contribution is -2.06. The molecule has 0 spiro atoms. The highest BCUT2D eigenvalue weighted by Gasteiger charge is 2.18. The SMILES string of the molecule is Cc1c(F)ccc(/C(=C\C(O)=C2CCC2)c2ccc(F)cc2P)c1Cl. The van der Waals surface area contributed by atoms with Crippen molar-refractivity contribution in [2.24, 2.45) is 0 Å². The third-order valence-electron chi connectivity index (χ3n) is 4.51. The monoisotopic (exact) mass is 378 g/mol. The second-order valence-electron chi connectivity index (χ2n) is 6.17. The Hall–Kier alpha value is -1.70. The zero-order valence-corrected chi connectivity index (χ0v) is 15.7. The number of benzene rings is 2. The molecule has 0 amide bonds. The minimum atomic E-state index is -0.389. The summed E-state index contributed by atoms with van der Waals surface area (Å²) >= 11 is 6.38. The molecule has 1 saturated carbocycles. The van der Waals surface area contributed by atoms with E-state index in [1.807, 2.05) is 0 Å². The van der Waals surface area contributed by atoms with Gasteiger partial charge in [0.2, 0.25) is 0 Å². The molecule has 1 fully saturated rings. The van der Waals surface area contributed by atoms with Gasteiger partial charge in [0.25, 0.3) is 0 Å². The van der Waals surface area contributed by atoms with E-state index in [4.69, 9.17) is 11.6 Å². The summed E-state index contributed by atoms with van der Waals surface area (Å²) in [5.74, 6) is -0.538. The second-order valence-corrected chi connectivity index (χ2v) is 7.17. The number of rotatable bonds is 3. The first kappa shape index (κ1) is 18.1. The molecule has 5 heteroatoms. The maximum atomic E-state index is 13.8. The molecule has 0 aliphatic heterocycles. The van der Waals surface area contributed by atoms with Crippen LogP contribution in [0.3, 0.4) is 0 Å². The van der Waals surface area contributed by atoms with Crippen LogP contribution < -0.4 is 5.30 Å². The Bertz CT molecular complexity index is 897. The van der Waals surface area contributed by atoms with Crippen LogP contribution in [-0.2, 0) is 0 Å². The third-order valence-corrected chi connectivity index (χ3v) is 5.48. The fraction of sp³-hybridized carbons (Fsp3) is 0.200. The lowest BCUT2D eigenvalue weighted by atomic mass is 9.89. The van der Waals surface area contributed by atoms with Gasteiger partial charge in [-0.05, 0) is 78.5 Å². The Kier molecular flexibility index (Phi) is 5.27. The number of hydrogen-bond donors (Lipinski definition) is 1. The van der Waals surface area contributed by atoms with Gasteiger partial charge in [0.05, 0.1) is 5.02 Å². The molecular weight excluding hydrogens is 361 g/mol. The predicted octanol–water partition coefficient (Wildman–Crippen LogP) is 5.85. The summed E-state index contributed by atoms with van der Waals surface area (Å²) in [6.07, 6.45) is 4.43. The van der Waals surface area contributed by atoms with Crippen molar-refractivity contribution in [3.05, 3.63) is 81.1 Å². The Morgan fingerprint density at radius 1 is 1.16 bits per heavy atom. The van der Waals surface area contributed by atoms with Crippen LogP contribution in [0.15, 0.2) is 47.7 Å². The van der Waals surface area contributed by atoms with Crippen LogP contribution in [-0.4, -0.2) is 5.11 Å². The quantitative estimate of drug-likeness (QED) is 0.524. The second kappa shape index (κ2) is 7.27. The average molecular weight is 379 g/mol. The van der Waals surface area contributed by atoms with Crippen molar-refractivity contribution in [2.45, 2.75) is 26.2 Å². The lowest BCUT2D eigenvalue weighted by molar-refractivity contribution is 0.407. The fourth-order valence-electron chi connectivity index (χ4n) is 2.80. The van der Waals surface area contributed by atoms with E-state index in [0.717, 1.165) is 24.8 Å². The van der Waals surface area contributed by atoms with Crippen LogP contribution in [0.2, 0.25) is 5.02 Å². The van der Waals surface area contributed by atoms with Crippen molar-refractivity contribution in [1.29, 1.82) is 0 Å². The summed E-state index contributed by atoms with van der Waals surface area (Å²) in [6.45, 7) is 1.61. The lowest BCUT2D eigenvalue weighted by Gasteiger charge is -2.19. The fourth-order valence-corrected chi connectivity index (χ4v) is 3.46. The third kappa shape index (κ3) is 3.63. The Balaban J connectivity index is 2.23. The highest BCUT2D eigenvalue weighted by molar-refractivity contribution is 7.27. The van der Waals surface area contributed by atoms with E-state index in [1.54, 1.807) is 25.1 Å². The summed E-state index contributed by atoms with van der Waals surface area (Å²) in [5, 5.41) is 11.3. The minimum Gasteiger partial charge on any atom is -0.508 e. The van der Waals surface area contributed by atoms with Gasteiger partial charge in [-0.25, -0.2) is 8.78 Å². The molecule has 25 heavy (non-hydrogen) atoms. The van der Waals surface area contributed by atoms with Gasteiger partial charge in [-0.15, -0.1) is 9.24 Å². The standard InChI is InChI=1S/C20H18ClF2OP/c1-11-17(23)8-7-15(20(11)21)16(10-18(24)12-3-2-4-12)14-6-5-13(22)9-19(14)25/h5-10,24H,2-4,25H2,1H3/b16-10-. The van der Waals surface area contributed by atoms with Crippen molar-refractivity contribution in [2.75, 3.05) is 0 Å². The van der Waals surface area contributed by atoms with Gasteiger partial charge in [0.15, 0.2) is 0 Å². The van der Waals surface area contributed by atoms with Gasteiger partial charge < -0.3 is 5.11 Å². The van der Waals surface area contributed by atoms with E-state index in [2.05, 4.69) is 9.24 Å². The Morgan fingerprint density at radius 3 is 2.44 bits per heavy atom. The predicted molar refractivity (Wildman–Crippen MR) is 102 cm³/mol. The van der Waals surface area contributed by atoms with Crippen molar-refractivity contribution < 1.29 is 13.9 Å². The van der Waals surface area contributed by atoms with E-state index >= 15 is 0 Å². The van der Waals surface area contributed by atoms with E-state index in [0.29, 0.717) is 27.6 Å². The number of allylic oxidation sites excluding steroid dienone is 2. The van der Waals surface area contributed by atoms with E-state index in [9.17, 15) is 13.9 Å². The molecule has 1 atom stereocenters. The molecule has 1 unspecified atom stereocenters. The Labute approximate surface area is 153 Å². The molecule has 0 radical (unpaired) electrons. The van der Waals surface area contributed by atoms with Gasteiger partial charge in [-0.1, -0.05) is 17.7 Å². The topological polar surface area (TPSA) is 20.2 Å². The van der Waals surface area contributed by atoms with Gasteiger partial charge in [0.1, 0.15) is 17.4 Å².